The molecule has 1 heterocycles. The summed E-state index contributed by atoms with van der Waals surface area (Å²) in [4.78, 5) is 12.6. The van der Waals surface area contributed by atoms with Gasteiger partial charge in [-0.25, -0.2) is 8.42 Å². The van der Waals surface area contributed by atoms with Crippen LogP contribution in [0.1, 0.15) is 22.8 Å². The van der Waals surface area contributed by atoms with Crippen molar-refractivity contribution in [3.63, 3.8) is 0 Å². The molecule has 0 unspecified atom stereocenters. The number of rotatable bonds is 9. The maximum Gasteiger partial charge on any atom is 0.257 e. The number of carbonyl (C=O) groups excluding carboxylic acids is 1. The lowest BCUT2D eigenvalue weighted by molar-refractivity contribution is 0.102. The van der Waals surface area contributed by atoms with E-state index in [1.165, 1.54) is 59.8 Å². The van der Waals surface area contributed by atoms with Crippen LogP contribution in [0.15, 0.2) is 57.8 Å². The third kappa shape index (κ3) is 5.62. The highest BCUT2D eigenvalue weighted by Gasteiger charge is 2.26. The third-order valence-electron chi connectivity index (χ3n) is 4.26. The number of sulfonamides is 1. The minimum absolute atomic E-state index is 0.0828. The lowest BCUT2D eigenvalue weighted by Crippen LogP contribution is -2.27. The number of thioether (sulfide) groups is 1. The number of hydrogen-bond acceptors (Lipinski definition) is 8. The average Bonchev–Trinajstić information content (AvgIpc) is 3.21. The molecule has 1 N–H and O–H groups in total. The Labute approximate surface area is 189 Å². The number of nitrogens with zero attached hydrogens (tertiary/aromatic N) is 3. The Bertz CT molecular complexity index is 1150. The molecule has 1 amide bonds. The minimum atomic E-state index is -3.91. The second-order valence-electron chi connectivity index (χ2n) is 6.37. The molecule has 3 rings (SSSR count). The second-order valence-corrected chi connectivity index (χ2v) is 10.9. The van der Waals surface area contributed by atoms with Gasteiger partial charge in [-0.1, -0.05) is 60.4 Å². The van der Waals surface area contributed by atoms with E-state index in [1.807, 2.05) is 37.3 Å². The van der Waals surface area contributed by atoms with Gasteiger partial charge >= 0.3 is 0 Å². The van der Waals surface area contributed by atoms with Gasteiger partial charge in [0.2, 0.25) is 15.2 Å². The number of ether oxygens (including phenoxy) is 1. The maximum absolute atomic E-state index is 13.2. The van der Waals surface area contributed by atoms with Crippen LogP contribution in [0.2, 0.25) is 0 Å². The zero-order valence-corrected chi connectivity index (χ0v) is 19.7. The predicted octanol–water partition coefficient (Wildman–Crippen LogP) is 3.73. The summed E-state index contributed by atoms with van der Waals surface area (Å²) in [7, 11) is -1.04. The van der Waals surface area contributed by atoms with Gasteiger partial charge in [0.05, 0.1) is 7.11 Å². The molecule has 0 aliphatic rings. The van der Waals surface area contributed by atoms with Crippen molar-refractivity contribution in [1.82, 2.24) is 14.5 Å². The molecule has 0 aliphatic heterocycles. The molecule has 3 aromatic rings. The summed E-state index contributed by atoms with van der Waals surface area (Å²) in [6.07, 6.45) is 0. The Kier molecular flexibility index (Phi) is 7.65. The van der Waals surface area contributed by atoms with E-state index in [9.17, 15) is 13.2 Å². The first kappa shape index (κ1) is 23.2. The van der Waals surface area contributed by atoms with E-state index in [4.69, 9.17) is 4.74 Å². The van der Waals surface area contributed by atoms with Gasteiger partial charge in [0.25, 0.3) is 5.91 Å². The number of anilines is 1. The van der Waals surface area contributed by atoms with Crippen molar-refractivity contribution in [3.05, 3.63) is 59.7 Å². The molecule has 0 atom stereocenters. The SMILES string of the molecule is CCSc1nnc(NC(=O)c2ccc(OC)c(S(=O)(=O)N(C)Cc3ccccc3)c2)s1. The van der Waals surface area contributed by atoms with Crippen LogP contribution in [0.5, 0.6) is 5.75 Å². The minimum Gasteiger partial charge on any atom is -0.495 e. The van der Waals surface area contributed by atoms with Crippen LogP contribution in [0.3, 0.4) is 0 Å². The molecule has 164 valence electrons. The first-order valence-corrected chi connectivity index (χ1v) is 12.5. The lowest BCUT2D eigenvalue weighted by Gasteiger charge is -2.19. The van der Waals surface area contributed by atoms with E-state index >= 15 is 0 Å². The highest BCUT2D eigenvalue weighted by molar-refractivity contribution is 8.01. The number of nitrogens with one attached hydrogen (secondary N) is 1. The third-order valence-corrected chi connectivity index (χ3v) is 7.94. The Morgan fingerprint density at radius 1 is 1.19 bits per heavy atom. The van der Waals surface area contributed by atoms with Crippen LogP contribution < -0.4 is 10.1 Å². The molecule has 0 fully saturated rings. The summed E-state index contributed by atoms with van der Waals surface area (Å²) < 4.78 is 33.7. The van der Waals surface area contributed by atoms with Crippen molar-refractivity contribution in [3.8, 4) is 5.75 Å². The molecule has 2 aromatic carbocycles. The Balaban J connectivity index is 1.85. The van der Waals surface area contributed by atoms with Crippen molar-refractivity contribution < 1.29 is 17.9 Å². The Hall–Kier alpha value is -2.47. The van der Waals surface area contributed by atoms with Crippen LogP contribution in [0.25, 0.3) is 0 Å². The van der Waals surface area contributed by atoms with Crippen molar-refractivity contribution in [2.75, 3.05) is 25.2 Å². The number of hydrogen-bond donors (Lipinski definition) is 1. The van der Waals surface area contributed by atoms with Gasteiger partial charge in [-0.05, 0) is 29.5 Å². The smallest absolute Gasteiger partial charge is 0.257 e. The number of carbonyl (C=O) groups is 1. The zero-order chi connectivity index (χ0) is 22.4. The zero-order valence-electron chi connectivity index (χ0n) is 17.2. The largest absolute Gasteiger partial charge is 0.495 e. The summed E-state index contributed by atoms with van der Waals surface area (Å²) >= 11 is 2.79. The predicted molar refractivity (Wildman–Crippen MR) is 122 cm³/mol. The fourth-order valence-corrected chi connectivity index (χ4v) is 5.70. The molecule has 0 saturated carbocycles. The molecule has 1 aromatic heterocycles. The van der Waals surface area contributed by atoms with E-state index in [2.05, 4.69) is 15.5 Å². The lowest BCUT2D eigenvalue weighted by atomic mass is 10.2. The Morgan fingerprint density at radius 3 is 2.61 bits per heavy atom. The van der Waals surface area contributed by atoms with Crippen LogP contribution in [-0.2, 0) is 16.6 Å². The van der Waals surface area contributed by atoms with Crippen molar-refractivity contribution >= 4 is 44.2 Å². The van der Waals surface area contributed by atoms with E-state index in [1.54, 1.807) is 0 Å². The molecule has 0 radical (unpaired) electrons. The first-order valence-electron chi connectivity index (χ1n) is 9.31. The van der Waals surface area contributed by atoms with Gasteiger partial charge < -0.3 is 4.74 Å². The van der Waals surface area contributed by atoms with Crippen LogP contribution in [-0.4, -0.2) is 48.7 Å². The van der Waals surface area contributed by atoms with E-state index in [0.29, 0.717) is 5.13 Å². The van der Waals surface area contributed by atoms with Gasteiger partial charge in [0.1, 0.15) is 10.6 Å². The van der Waals surface area contributed by atoms with Crippen LogP contribution in [0, 0.1) is 0 Å². The van der Waals surface area contributed by atoms with Gasteiger partial charge in [-0.2, -0.15) is 4.31 Å². The molecule has 0 saturated heterocycles. The highest BCUT2D eigenvalue weighted by Crippen LogP contribution is 2.29. The topological polar surface area (TPSA) is 101 Å². The van der Waals surface area contributed by atoms with Gasteiger partial charge in [-0.15, -0.1) is 10.2 Å². The number of benzene rings is 2. The summed E-state index contributed by atoms with van der Waals surface area (Å²) in [6, 6.07) is 13.5. The fraction of sp³-hybridized carbons (Fsp3) is 0.250. The summed E-state index contributed by atoms with van der Waals surface area (Å²) in [5.41, 5.74) is 1.02. The quantitative estimate of drug-likeness (QED) is 0.369. The highest BCUT2D eigenvalue weighted by atomic mass is 32.2. The molecule has 0 bridgehead atoms. The first-order chi connectivity index (χ1) is 14.8. The fourth-order valence-electron chi connectivity index (χ4n) is 2.72. The standard InChI is InChI=1S/C20H22N4O4S3/c1-4-29-20-23-22-19(30-20)21-18(25)15-10-11-16(28-3)17(12-15)31(26,27)24(2)13-14-8-6-5-7-9-14/h5-12H,4,13H2,1-3H3,(H,21,22,25). The second kappa shape index (κ2) is 10.2. The normalized spacial score (nSPS) is 11.5. The number of aromatic nitrogens is 2. The molecular formula is C20H22N4O4S3. The summed E-state index contributed by atoms with van der Waals surface area (Å²) in [5, 5.41) is 11.0. The summed E-state index contributed by atoms with van der Waals surface area (Å²) in [6.45, 7) is 2.18. The molecule has 8 nitrogen and oxygen atoms in total. The molecule has 0 aliphatic carbocycles. The molecule has 0 spiro atoms. The Morgan fingerprint density at radius 2 is 1.94 bits per heavy atom. The summed E-state index contributed by atoms with van der Waals surface area (Å²) in [5.74, 6) is 0.529. The van der Waals surface area contributed by atoms with E-state index in [0.717, 1.165) is 15.7 Å². The van der Waals surface area contributed by atoms with Crippen LogP contribution in [0.4, 0.5) is 5.13 Å². The molecule has 11 heteroatoms. The van der Waals surface area contributed by atoms with Crippen molar-refractivity contribution in [2.24, 2.45) is 0 Å². The molecular weight excluding hydrogens is 456 g/mol. The van der Waals surface area contributed by atoms with Crippen molar-refractivity contribution in [2.45, 2.75) is 22.7 Å². The maximum atomic E-state index is 13.2. The van der Waals surface area contributed by atoms with Gasteiger partial charge in [-0.3, -0.25) is 10.1 Å². The molecule has 31 heavy (non-hydrogen) atoms. The van der Waals surface area contributed by atoms with Crippen LogP contribution >= 0.6 is 23.1 Å². The van der Waals surface area contributed by atoms with Crippen molar-refractivity contribution in [1.29, 1.82) is 0 Å². The van der Waals surface area contributed by atoms with Gasteiger partial charge in [0.15, 0.2) is 4.34 Å². The van der Waals surface area contributed by atoms with E-state index < -0.39 is 15.9 Å². The number of methoxy groups -OCH3 is 1. The van der Waals surface area contributed by atoms with E-state index in [-0.39, 0.29) is 22.8 Å². The number of amides is 1. The van der Waals surface area contributed by atoms with Gasteiger partial charge in [0, 0.05) is 19.2 Å². The monoisotopic (exact) mass is 478 g/mol. The average molecular weight is 479 g/mol.